The van der Waals surface area contributed by atoms with Crippen molar-refractivity contribution >= 4 is 40.6 Å². The topological polar surface area (TPSA) is 75.7 Å². The highest BCUT2D eigenvalue weighted by Crippen LogP contribution is 2.34. The minimum atomic E-state index is -0.550. The Morgan fingerprint density at radius 1 is 1.20 bits per heavy atom. The second kappa shape index (κ2) is 9.58. The molecular weight excluding hydrogens is 407 g/mol. The van der Waals surface area contributed by atoms with Crippen molar-refractivity contribution < 1.29 is 23.5 Å². The van der Waals surface area contributed by atoms with E-state index in [9.17, 15) is 18.8 Å². The van der Waals surface area contributed by atoms with Gasteiger partial charge in [-0.3, -0.25) is 19.3 Å². The largest absolute Gasteiger partial charge is 0.490 e. The zero-order valence-electron chi connectivity index (χ0n) is 16.6. The highest BCUT2D eigenvalue weighted by molar-refractivity contribution is 8.18. The standard InChI is InChI=1S/C22H21FN2O4S/c1-3-14(2)29-18-7-5-4-6-15(18)12-19-21(27)25(22(28)30-19)13-20(26)24-17-10-8-16(23)9-11-17/h4-12,14H,3,13H2,1-2H3,(H,24,26)/b19-12+/t14-/m0/s1. The van der Waals surface area contributed by atoms with Gasteiger partial charge in [0.2, 0.25) is 5.91 Å². The fraction of sp³-hybridized carbons (Fsp3) is 0.227. The van der Waals surface area contributed by atoms with Gasteiger partial charge in [0.25, 0.3) is 11.1 Å². The van der Waals surface area contributed by atoms with Crippen molar-refractivity contribution in [2.45, 2.75) is 26.4 Å². The molecule has 2 aromatic rings. The van der Waals surface area contributed by atoms with Crippen LogP contribution in [-0.4, -0.2) is 34.6 Å². The summed E-state index contributed by atoms with van der Waals surface area (Å²) in [5.74, 6) is -0.905. The number of rotatable bonds is 7. The minimum Gasteiger partial charge on any atom is -0.490 e. The van der Waals surface area contributed by atoms with E-state index in [2.05, 4.69) is 5.32 Å². The molecule has 0 bridgehead atoms. The zero-order valence-corrected chi connectivity index (χ0v) is 17.4. The Morgan fingerprint density at radius 2 is 1.90 bits per heavy atom. The average Bonchev–Trinajstić information content (AvgIpc) is 2.98. The van der Waals surface area contributed by atoms with Crippen LogP contribution in [-0.2, 0) is 9.59 Å². The number of thioether (sulfide) groups is 1. The Labute approximate surface area is 178 Å². The number of nitrogens with zero attached hydrogens (tertiary/aromatic N) is 1. The fourth-order valence-corrected chi connectivity index (χ4v) is 3.49. The lowest BCUT2D eigenvalue weighted by molar-refractivity contribution is -0.127. The van der Waals surface area contributed by atoms with Crippen molar-refractivity contribution in [1.29, 1.82) is 0 Å². The Kier molecular flexibility index (Phi) is 6.89. The van der Waals surface area contributed by atoms with Gasteiger partial charge in [0.05, 0.1) is 11.0 Å². The number of amides is 3. The molecule has 1 heterocycles. The van der Waals surface area contributed by atoms with Crippen LogP contribution in [0.4, 0.5) is 14.9 Å². The summed E-state index contributed by atoms with van der Waals surface area (Å²) in [7, 11) is 0. The van der Waals surface area contributed by atoms with Crippen LogP contribution in [0.1, 0.15) is 25.8 Å². The van der Waals surface area contributed by atoms with Crippen molar-refractivity contribution in [1.82, 2.24) is 4.90 Å². The van der Waals surface area contributed by atoms with E-state index >= 15 is 0 Å². The summed E-state index contributed by atoms with van der Waals surface area (Å²) >= 11 is 0.774. The number of hydrogen-bond donors (Lipinski definition) is 1. The number of halogens is 1. The first-order chi connectivity index (χ1) is 14.4. The van der Waals surface area contributed by atoms with Gasteiger partial charge in [0, 0.05) is 11.3 Å². The number of hydrogen-bond acceptors (Lipinski definition) is 5. The lowest BCUT2D eigenvalue weighted by Gasteiger charge is -2.15. The van der Waals surface area contributed by atoms with Crippen molar-refractivity contribution in [2.24, 2.45) is 0 Å². The molecule has 1 saturated heterocycles. The smallest absolute Gasteiger partial charge is 0.294 e. The SMILES string of the molecule is CC[C@H](C)Oc1ccccc1/C=C1/SC(=O)N(CC(=O)Nc2ccc(F)cc2)C1=O. The van der Waals surface area contributed by atoms with E-state index in [1.165, 1.54) is 24.3 Å². The van der Waals surface area contributed by atoms with Crippen LogP contribution >= 0.6 is 11.8 Å². The number of anilines is 1. The van der Waals surface area contributed by atoms with Crippen molar-refractivity contribution in [3.8, 4) is 5.75 Å². The second-order valence-electron chi connectivity index (χ2n) is 6.70. The molecule has 0 saturated carbocycles. The van der Waals surface area contributed by atoms with Crippen LogP contribution in [0.2, 0.25) is 0 Å². The van der Waals surface area contributed by atoms with E-state index in [1.54, 1.807) is 18.2 Å². The number of ether oxygens (including phenoxy) is 1. The Morgan fingerprint density at radius 3 is 2.60 bits per heavy atom. The summed E-state index contributed by atoms with van der Waals surface area (Å²) < 4.78 is 18.8. The Balaban J connectivity index is 1.71. The molecule has 1 N–H and O–H groups in total. The lowest BCUT2D eigenvalue weighted by Crippen LogP contribution is -2.36. The van der Waals surface area contributed by atoms with Gasteiger partial charge in [0.1, 0.15) is 18.1 Å². The van der Waals surface area contributed by atoms with E-state index in [-0.39, 0.29) is 11.0 Å². The van der Waals surface area contributed by atoms with Gasteiger partial charge < -0.3 is 10.1 Å². The summed E-state index contributed by atoms with van der Waals surface area (Å²) in [6, 6.07) is 12.5. The van der Waals surface area contributed by atoms with E-state index in [0.29, 0.717) is 17.0 Å². The average molecular weight is 428 g/mol. The fourth-order valence-electron chi connectivity index (χ4n) is 2.66. The first kappa shape index (κ1) is 21.6. The normalized spacial score (nSPS) is 16.1. The molecule has 30 heavy (non-hydrogen) atoms. The van der Waals surface area contributed by atoms with Crippen LogP contribution in [0.5, 0.6) is 5.75 Å². The highest BCUT2D eigenvalue weighted by Gasteiger charge is 2.36. The first-order valence-corrected chi connectivity index (χ1v) is 10.3. The Hall–Kier alpha value is -3.13. The number of nitrogens with one attached hydrogen (secondary N) is 1. The summed E-state index contributed by atoms with van der Waals surface area (Å²) in [4.78, 5) is 38.3. The number of carbonyl (C=O) groups is 3. The predicted molar refractivity (Wildman–Crippen MR) is 115 cm³/mol. The molecule has 1 aliphatic heterocycles. The van der Waals surface area contributed by atoms with Crippen molar-refractivity contribution in [3.63, 3.8) is 0 Å². The number of para-hydroxylation sites is 1. The maximum absolute atomic E-state index is 13.0. The number of imide groups is 1. The summed E-state index contributed by atoms with van der Waals surface area (Å²) in [6.07, 6.45) is 2.43. The van der Waals surface area contributed by atoms with Crippen LogP contribution in [0, 0.1) is 5.82 Å². The maximum Gasteiger partial charge on any atom is 0.294 e. The van der Waals surface area contributed by atoms with E-state index in [0.717, 1.165) is 23.1 Å². The molecule has 8 heteroatoms. The van der Waals surface area contributed by atoms with Gasteiger partial charge in [-0.2, -0.15) is 0 Å². The maximum atomic E-state index is 13.0. The molecule has 1 atom stereocenters. The molecule has 1 fully saturated rings. The molecule has 0 spiro atoms. The van der Waals surface area contributed by atoms with Gasteiger partial charge in [0.15, 0.2) is 0 Å². The number of benzene rings is 2. The molecule has 0 unspecified atom stereocenters. The molecule has 2 aromatic carbocycles. The third-order valence-corrected chi connectivity index (χ3v) is 5.32. The van der Waals surface area contributed by atoms with Gasteiger partial charge in [-0.05, 0) is 61.5 Å². The van der Waals surface area contributed by atoms with Gasteiger partial charge in [-0.15, -0.1) is 0 Å². The van der Waals surface area contributed by atoms with E-state index in [1.807, 2.05) is 26.0 Å². The highest BCUT2D eigenvalue weighted by atomic mass is 32.2. The minimum absolute atomic E-state index is 0.00442. The Bertz CT molecular complexity index is 991. The molecule has 0 radical (unpaired) electrons. The third-order valence-electron chi connectivity index (χ3n) is 4.41. The van der Waals surface area contributed by atoms with E-state index < -0.39 is 29.4 Å². The summed E-state index contributed by atoms with van der Waals surface area (Å²) in [6.45, 7) is 3.53. The molecular formula is C22H21FN2O4S. The molecule has 3 rings (SSSR count). The van der Waals surface area contributed by atoms with Gasteiger partial charge in [-0.25, -0.2) is 4.39 Å². The molecule has 1 aliphatic rings. The van der Waals surface area contributed by atoms with Crippen LogP contribution in [0.25, 0.3) is 6.08 Å². The number of carbonyl (C=O) groups excluding carboxylic acids is 3. The first-order valence-electron chi connectivity index (χ1n) is 9.44. The molecule has 6 nitrogen and oxygen atoms in total. The quantitative estimate of drug-likeness (QED) is 0.648. The molecule has 156 valence electrons. The predicted octanol–water partition coefficient (Wildman–Crippen LogP) is 4.68. The lowest BCUT2D eigenvalue weighted by atomic mass is 10.1. The second-order valence-corrected chi connectivity index (χ2v) is 7.69. The summed E-state index contributed by atoms with van der Waals surface area (Å²) in [5.41, 5.74) is 1.05. The third kappa shape index (κ3) is 5.27. The molecule has 0 aliphatic carbocycles. The van der Waals surface area contributed by atoms with Crippen molar-refractivity contribution in [3.05, 3.63) is 64.8 Å². The summed E-state index contributed by atoms with van der Waals surface area (Å²) in [5, 5.41) is 2.01. The van der Waals surface area contributed by atoms with Crippen LogP contribution in [0.15, 0.2) is 53.4 Å². The van der Waals surface area contributed by atoms with Gasteiger partial charge >= 0.3 is 0 Å². The monoisotopic (exact) mass is 428 g/mol. The van der Waals surface area contributed by atoms with Gasteiger partial charge in [-0.1, -0.05) is 25.1 Å². The van der Waals surface area contributed by atoms with E-state index in [4.69, 9.17) is 4.74 Å². The van der Waals surface area contributed by atoms with Crippen LogP contribution in [0.3, 0.4) is 0 Å². The van der Waals surface area contributed by atoms with Crippen LogP contribution < -0.4 is 10.1 Å². The van der Waals surface area contributed by atoms with Crippen molar-refractivity contribution in [2.75, 3.05) is 11.9 Å². The zero-order chi connectivity index (χ0) is 21.7. The molecule has 0 aromatic heterocycles. The molecule has 3 amide bonds.